The number of aliphatic carboxylic acids is 1. The van der Waals surface area contributed by atoms with E-state index < -0.39 is 66.4 Å². The van der Waals surface area contributed by atoms with Crippen LogP contribution in [0.5, 0.6) is 0 Å². The van der Waals surface area contributed by atoms with Crippen LogP contribution in [0.15, 0.2) is 4.99 Å². The summed E-state index contributed by atoms with van der Waals surface area (Å²) in [5.41, 5.74) is 27.5. The molecule has 0 aromatic heterocycles. The molecule has 16 N–H and O–H groups in total. The van der Waals surface area contributed by atoms with Crippen molar-refractivity contribution in [3.63, 3.8) is 0 Å². The van der Waals surface area contributed by atoms with Crippen LogP contribution in [0.25, 0.3) is 0 Å². The molecule has 0 saturated carbocycles. The van der Waals surface area contributed by atoms with Crippen LogP contribution in [0.1, 0.15) is 71.6 Å². The predicted molar refractivity (Wildman–Crippen MR) is 166 cm³/mol. The maximum Gasteiger partial charge on any atom is 0.326 e. The zero-order chi connectivity index (χ0) is 33.7. The van der Waals surface area contributed by atoms with Gasteiger partial charge in [0.2, 0.25) is 23.6 Å². The maximum atomic E-state index is 13.5. The van der Waals surface area contributed by atoms with Gasteiger partial charge in [-0.25, -0.2) is 4.79 Å². The molecule has 17 nitrogen and oxygen atoms in total. The lowest BCUT2D eigenvalue weighted by atomic mass is 9.98. The molecule has 254 valence electrons. The van der Waals surface area contributed by atoms with Crippen molar-refractivity contribution in [3.8, 4) is 0 Å². The first-order chi connectivity index (χ1) is 20.8. The number of aliphatic hydroxyl groups is 1. The molecule has 17 heteroatoms. The fourth-order valence-corrected chi connectivity index (χ4v) is 4.14. The number of guanidine groups is 1. The van der Waals surface area contributed by atoms with Crippen LogP contribution in [0.3, 0.4) is 0 Å². The summed E-state index contributed by atoms with van der Waals surface area (Å²) in [4.78, 5) is 68.1. The Kier molecular flexibility index (Phi) is 21.1. The van der Waals surface area contributed by atoms with Crippen molar-refractivity contribution in [2.24, 2.45) is 39.6 Å². The number of carbonyl (C=O) groups excluding carboxylic acids is 4. The number of rotatable bonds is 24. The number of aliphatic hydroxyl groups excluding tert-OH is 1. The van der Waals surface area contributed by atoms with Crippen LogP contribution in [-0.4, -0.2) is 102 Å². The Hall–Kier alpha value is -3.54. The molecule has 0 unspecified atom stereocenters. The number of nitrogens with zero attached hydrogens (tertiary/aromatic N) is 1. The Labute approximate surface area is 258 Å². The summed E-state index contributed by atoms with van der Waals surface area (Å²) in [5, 5.41) is 29.2. The van der Waals surface area contributed by atoms with Gasteiger partial charge in [0.05, 0.1) is 6.61 Å². The molecule has 44 heavy (non-hydrogen) atoms. The molecule has 0 aliphatic carbocycles. The van der Waals surface area contributed by atoms with Crippen molar-refractivity contribution in [1.82, 2.24) is 21.3 Å². The van der Waals surface area contributed by atoms with Crippen molar-refractivity contribution in [2.45, 2.75) is 102 Å². The lowest BCUT2D eigenvalue weighted by molar-refractivity contribution is -0.144. The van der Waals surface area contributed by atoms with E-state index in [0.717, 1.165) is 0 Å². The highest BCUT2D eigenvalue weighted by molar-refractivity contribution is 5.95. The minimum atomic E-state index is -1.24. The van der Waals surface area contributed by atoms with Gasteiger partial charge in [0.1, 0.15) is 30.2 Å². The lowest BCUT2D eigenvalue weighted by Crippen LogP contribution is -2.59. The molecule has 0 fully saturated rings. The monoisotopic (exact) mass is 630 g/mol. The number of carboxylic acids is 1. The second kappa shape index (κ2) is 22.9. The normalized spacial score (nSPS) is 15.0. The first-order valence-corrected chi connectivity index (χ1v) is 15.1. The van der Waals surface area contributed by atoms with E-state index in [1.807, 2.05) is 0 Å². The molecule has 0 radical (unpaired) electrons. The number of hydrogen-bond acceptors (Lipinski definition) is 10. The average Bonchev–Trinajstić information content (AvgIpc) is 2.98. The number of unbranched alkanes of at least 4 members (excludes halogenated alkanes) is 2. The topological polar surface area (TPSA) is 316 Å². The number of carbonyl (C=O) groups is 5. The van der Waals surface area contributed by atoms with Gasteiger partial charge in [-0.1, -0.05) is 20.3 Å². The van der Waals surface area contributed by atoms with Crippen molar-refractivity contribution in [2.75, 3.05) is 26.2 Å². The quantitative estimate of drug-likeness (QED) is 0.0284. The molecule has 6 atom stereocenters. The molecule has 0 aromatic rings. The number of hydrogen-bond donors (Lipinski definition) is 11. The molecule has 0 bridgehead atoms. The van der Waals surface area contributed by atoms with Gasteiger partial charge in [0.15, 0.2) is 5.96 Å². The van der Waals surface area contributed by atoms with Crippen molar-refractivity contribution in [1.29, 1.82) is 0 Å². The Balaban J connectivity index is 6.03. The summed E-state index contributed by atoms with van der Waals surface area (Å²) in [7, 11) is 0. The van der Waals surface area contributed by atoms with Crippen molar-refractivity contribution < 1.29 is 34.2 Å². The van der Waals surface area contributed by atoms with Crippen LogP contribution in [0, 0.1) is 5.92 Å². The SMILES string of the molecule is CC[C@H](C)[C@H](NC(=O)[C@H](CCCN=C(N)N)NC(=O)[C@H](CCCCN)NC(=O)[C@H](CCCCN)NC(=O)[C@@H](N)CO)C(=O)O. The fourth-order valence-electron chi connectivity index (χ4n) is 4.14. The number of nitrogens with two attached hydrogens (primary N) is 5. The largest absolute Gasteiger partial charge is 0.480 e. The molecule has 4 amide bonds. The average molecular weight is 631 g/mol. The summed E-state index contributed by atoms with van der Waals surface area (Å²) < 4.78 is 0. The Bertz CT molecular complexity index is 933. The Morgan fingerprint density at radius 2 is 1.16 bits per heavy atom. The highest BCUT2D eigenvalue weighted by atomic mass is 16.4. The second-order valence-electron chi connectivity index (χ2n) is 10.7. The van der Waals surface area contributed by atoms with E-state index >= 15 is 0 Å². The standard InChI is InChI=1S/C27H54N10O7/c1-3-16(2)21(26(43)44)37-25(42)20(11-8-14-33-27(31)32)36-24(41)19(10-5-7-13-29)35-23(40)18(9-4-6-12-28)34-22(39)17(30)15-38/h16-21,38H,3-15,28-30H2,1-2H3,(H,34,39)(H,35,40)(H,36,41)(H,37,42)(H,43,44)(H4,31,32,33)/t16-,17-,18-,19-,20-,21-/m0/s1. The molecule has 0 aromatic carbocycles. The molecule has 0 aliphatic rings. The molecule has 0 saturated heterocycles. The second-order valence-corrected chi connectivity index (χ2v) is 10.7. The molecule has 0 rings (SSSR count). The Morgan fingerprint density at radius 3 is 1.55 bits per heavy atom. The molecule has 0 heterocycles. The van der Waals surface area contributed by atoms with E-state index in [9.17, 15) is 34.2 Å². The third kappa shape index (κ3) is 16.3. The van der Waals surface area contributed by atoms with E-state index in [2.05, 4.69) is 26.3 Å². The van der Waals surface area contributed by atoms with E-state index in [4.69, 9.17) is 28.7 Å². The first kappa shape index (κ1) is 40.5. The van der Waals surface area contributed by atoms with Crippen LogP contribution in [-0.2, 0) is 24.0 Å². The predicted octanol–water partition coefficient (Wildman–Crippen LogP) is -3.31. The summed E-state index contributed by atoms with van der Waals surface area (Å²) in [5.74, 6) is -4.55. The van der Waals surface area contributed by atoms with Crippen LogP contribution in [0.2, 0.25) is 0 Å². The molecule has 0 aliphatic heterocycles. The third-order valence-corrected chi connectivity index (χ3v) is 7.05. The summed E-state index contributed by atoms with van der Waals surface area (Å²) in [6, 6.07) is -5.78. The van der Waals surface area contributed by atoms with Gasteiger partial charge >= 0.3 is 5.97 Å². The third-order valence-electron chi connectivity index (χ3n) is 7.05. The van der Waals surface area contributed by atoms with E-state index in [1.165, 1.54) is 0 Å². The summed E-state index contributed by atoms with van der Waals surface area (Å²) in [6.45, 7) is 3.73. The first-order valence-electron chi connectivity index (χ1n) is 15.1. The van der Waals surface area contributed by atoms with Gasteiger partial charge < -0.3 is 60.1 Å². The van der Waals surface area contributed by atoms with Crippen LogP contribution >= 0.6 is 0 Å². The summed E-state index contributed by atoms with van der Waals surface area (Å²) in [6.07, 6.45) is 3.30. The Morgan fingerprint density at radius 1 is 0.727 bits per heavy atom. The van der Waals surface area contributed by atoms with Gasteiger partial charge in [0.25, 0.3) is 0 Å². The van der Waals surface area contributed by atoms with E-state index in [0.29, 0.717) is 45.2 Å². The lowest BCUT2D eigenvalue weighted by Gasteiger charge is -2.27. The highest BCUT2D eigenvalue weighted by Crippen LogP contribution is 2.11. The molecular weight excluding hydrogens is 576 g/mol. The number of aliphatic imine (C=N–C) groups is 1. The summed E-state index contributed by atoms with van der Waals surface area (Å²) >= 11 is 0. The van der Waals surface area contributed by atoms with Crippen LogP contribution < -0.4 is 49.9 Å². The van der Waals surface area contributed by atoms with Crippen LogP contribution in [0.4, 0.5) is 0 Å². The number of amides is 4. The maximum absolute atomic E-state index is 13.5. The zero-order valence-electron chi connectivity index (χ0n) is 25.9. The minimum Gasteiger partial charge on any atom is -0.480 e. The van der Waals surface area contributed by atoms with Gasteiger partial charge in [-0.05, 0) is 70.4 Å². The number of carboxylic acid groups (broad SMARTS) is 1. The van der Waals surface area contributed by atoms with Crippen molar-refractivity contribution >= 4 is 35.6 Å². The van der Waals surface area contributed by atoms with E-state index in [1.54, 1.807) is 13.8 Å². The van der Waals surface area contributed by atoms with E-state index in [-0.39, 0.29) is 44.1 Å². The highest BCUT2D eigenvalue weighted by Gasteiger charge is 2.32. The van der Waals surface area contributed by atoms with Gasteiger partial charge in [0, 0.05) is 6.54 Å². The van der Waals surface area contributed by atoms with Crippen molar-refractivity contribution in [3.05, 3.63) is 0 Å². The number of nitrogens with one attached hydrogen (secondary N) is 4. The van der Waals surface area contributed by atoms with Gasteiger partial charge in [-0.15, -0.1) is 0 Å². The van der Waals surface area contributed by atoms with Gasteiger partial charge in [-0.3, -0.25) is 24.2 Å². The smallest absolute Gasteiger partial charge is 0.326 e. The van der Waals surface area contributed by atoms with Gasteiger partial charge in [-0.2, -0.15) is 0 Å². The molecular formula is C27H54N10O7. The zero-order valence-corrected chi connectivity index (χ0v) is 25.9. The molecule has 0 spiro atoms. The fraction of sp³-hybridized carbons (Fsp3) is 0.778. The minimum absolute atomic E-state index is 0.0709.